The first kappa shape index (κ1) is 23.5. The van der Waals surface area contributed by atoms with Gasteiger partial charge < -0.3 is 19.9 Å². The number of ether oxygens (including phenoxy) is 2. The van der Waals surface area contributed by atoms with Crippen molar-refractivity contribution in [1.82, 2.24) is 20.1 Å². The highest BCUT2D eigenvalue weighted by molar-refractivity contribution is 5.79. The molecule has 8 heteroatoms. The van der Waals surface area contributed by atoms with Crippen LogP contribution in [0.4, 0.5) is 0 Å². The van der Waals surface area contributed by atoms with Crippen molar-refractivity contribution >= 4 is 5.91 Å². The second-order valence-electron chi connectivity index (χ2n) is 8.90. The number of phenols is 1. The molecular weight excluding hydrogens is 420 g/mol. The second-order valence-corrected chi connectivity index (χ2v) is 8.90. The van der Waals surface area contributed by atoms with Crippen LogP contribution in [0.5, 0.6) is 11.5 Å². The third kappa shape index (κ3) is 7.42. The molecule has 0 radical (unpaired) electrons. The second kappa shape index (κ2) is 12.0. The van der Waals surface area contributed by atoms with E-state index < -0.39 is 0 Å². The maximum atomic E-state index is 13.0. The van der Waals surface area contributed by atoms with Gasteiger partial charge >= 0.3 is 0 Å². The first-order chi connectivity index (χ1) is 16.2. The molecule has 8 nitrogen and oxygen atoms in total. The van der Waals surface area contributed by atoms with Crippen molar-refractivity contribution in [3.8, 4) is 11.5 Å². The normalized spacial score (nSPS) is 22.1. The Bertz CT molecular complexity index is 858. The van der Waals surface area contributed by atoms with Crippen LogP contribution in [0.15, 0.2) is 48.8 Å². The lowest BCUT2D eigenvalue weighted by Gasteiger charge is -2.37. The third-order valence-electron chi connectivity index (χ3n) is 6.28. The zero-order valence-electron chi connectivity index (χ0n) is 19.1. The van der Waals surface area contributed by atoms with Crippen LogP contribution in [-0.2, 0) is 16.1 Å². The number of aromatic hydroxyl groups is 1. The minimum absolute atomic E-state index is 0.0805. The summed E-state index contributed by atoms with van der Waals surface area (Å²) in [5, 5.41) is 12.7. The molecule has 2 saturated heterocycles. The summed E-state index contributed by atoms with van der Waals surface area (Å²) < 4.78 is 11.4. The lowest BCUT2D eigenvalue weighted by molar-refractivity contribution is -0.127. The summed E-state index contributed by atoms with van der Waals surface area (Å²) in [7, 11) is 0. The Labute approximate surface area is 195 Å². The molecule has 0 saturated carbocycles. The number of rotatable bonds is 9. The molecule has 0 spiro atoms. The Balaban J connectivity index is 1.33. The van der Waals surface area contributed by atoms with Crippen molar-refractivity contribution in [1.29, 1.82) is 0 Å². The monoisotopic (exact) mass is 454 g/mol. The molecule has 33 heavy (non-hydrogen) atoms. The van der Waals surface area contributed by atoms with Gasteiger partial charge in [-0.1, -0.05) is 12.1 Å². The SMILES string of the molecule is O=C(NCCN1CCOCC1)[C@@H]1C[C@H](COc2cccnc2)CN(Cc2ccc(O)cc2)C1. The molecule has 2 N–H and O–H groups in total. The number of phenolic OH excluding ortho intramolecular Hbond substituents is 1. The molecule has 1 aromatic heterocycles. The number of carbonyl (C=O) groups is 1. The lowest BCUT2D eigenvalue weighted by Crippen LogP contribution is -2.48. The number of piperidine rings is 1. The number of nitrogens with one attached hydrogen (secondary N) is 1. The summed E-state index contributed by atoms with van der Waals surface area (Å²) in [4.78, 5) is 21.8. The van der Waals surface area contributed by atoms with E-state index in [4.69, 9.17) is 9.47 Å². The van der Waals surface area contributed by atoms with Crippen LogP contribution in [0.3, 0.4) is 0 Å². The smallest absolute Gasteiger partial charge is 0.224 e. The maximum Gasteiger partial charge on any atom is 0.224 e. The van der Waals surface area contributed by atoms with Gasteiger partial charge in [0.15, 0.2) is 0 Å². The number of aromatic nitrogens is 1. The molecule has 178 valence electrons. The summed E-state index contributed by atoms with van der Waals surface area (Å²) in [5.41, 5.74) is 1.12. The average Bonchev–Trinajstić information content (AvgIpc) is 2.85. The van der Waals surface area contributed by atoms with Crippen molar-refractivity contribution in [2.75, 3.05) is 59.1 Å². The van der Waals surface area contributed by atoms with Crippen LogP contribution in [0.1, 0.15) is 12.0 Å². The Morgan fingerprint density at radius 2 is 1.97 bits per heavy atom. The molecule has 0 unspecified atom stereocenters. The van der Waals surface area contributed by atoms with Gasteiger partial charge in [0, 0.05) is 57.9 Å². The highest BCUT2D eigenvalue weighted by atomic mass is 16.5. The van der Waals surface area contributed by atoms with Crippen molar-refractivity contribution in [3.63, 3.8) is 0 Å². The van der Waals surface area contributed by atoms with Gasteiger partial charge in [-0.15, -0.1) is 0 Å². The predicted octanol–water partition coefficient (Wildman–Crippen LogP) is 1.75. The van der Waals surface area contributed by atoms with Crippen LogP contribution < -0.4 is 10.1 Å². The highest BCUT2D eigenvalue weighted by Crippen LogP contribution is 2.25. The van der Waals surface area contributed by atoms with E-state index in [1.807, 2.05) is 24.3 Å². The van der Waals surface area contributed by atoms with Crippen LogP contribution in [0.2, 0.25) is 0 Å². The van der Waals surface area contributed by atoms with Crippen molar-refractivity contribution < 1.29 is 19.4 Å². The topological polar surface area (TPSA) is 87.2 Å². The van der Waals surface area contributed by atoms with Gasteiger partial charge in [-0.3, -0.25) is 19.6 Å². The molecule has 4 rings (SSSR count). The zero-order valence-corrected chi connectivity index (χ0v) is 19.1. The fourth-order valence-corrected chi connectivity index (χ4v) is 4.56. The number of hydrogen-bond acceptors (Lipinski definition) is 7. The molecule has 1 amide bonds. The molecule has 2 aromatic rings. The van der Waals surface area contributed by atoms with Gasteiger partial charge in [0.25, 0.3) is 0 Å². The number of amides is 1. The Hall–Kier alpha value is -2.68. The standard InChI is InChI=1S/C25H34N4O4/c30-23-5-3-20(4-6-23)16-29-17-21(19-33-24-2-1-7-26-15-24)14-22(18-29)25(31)27-8-9-28-10-12-32-13-11-28/h1-7,15,21-22,30H,8-14,16-19H2,(H,27,31)/t21-,22+/m0/s1. The van der Waals surface area contributed by atoms with Gasteiger partial charge in [0.05, 0.1) is 31.9 Å². The molecule has 0 aliphatic carbocycles. The summed E-state index contributed by atoms with van der Waals surface area (Å²) >= 11 is 0. The van der Waals surface area contributed by atoms with E-state index in [1.54, 1.807) is 24.5 Å². The number of nitrogens with zero attached hydrogens (tertiary/aromatic N) is 3. The van der Waals surface area contributed by atoms with Crippen LogP contribution in [-0.4, -0.2) is 84.9 Å². The molecule has 2 aliphatic rings. The molecule has 2 atom stereocenters. The van der Waals surface area contributed by atoms with Crippen molar-refractivity contribution in [2.45, 2.75) is 13.0 Å². The number of morpholine rings is 1. The first-order valence-corrected chi connectivity index (χ1v) is 11.8. The molecule has 0 bridgehead atoms. The predicted molar refractivity (Wildman–Crippen MR) is 125 cm³/mol. The number of carbonyl (C=O) groups excluding carboxylic acids is 1. The lowest BCUT2D eigenvalue weighted by atomic mass is 9.88. The zero-order chi connectivity index (χ0) is 22.9. The van der Waals surface area contributed by atoms with E-state index in [0.717, 1.165) is 63.7 Å². The summed E-state index contributed by atoms with van der Waals surface area (Å²) in [6, 6.07) is 11.0. The minimum atomic E-state index is -0.0805. The molecular formula is C25H34N4O4. The number of likely N-dealkylation sites (tertiary alicyclic amines) is 1. The molecule has 2 aliphatic heterocycles. The number of hydrogen-bond donors (Lipinski definition) is 2. The van der Waals surface area contributed by atoms with Gasteiger partial charge in [-0.2, -0.15) is 0 Å². The molecule has 3 heterocycles. The van der Waals surface area contributed by atoms with Gasteiger partial charge in [-0.05, 0) is 36.2 Å². The van der Waals surface area contributed by atoms with Crippen LogP contribution in [0.25, 0.3) is 0 Å². The van der Waals surface area contributed by atoms with E-state index in [-0.39, 0.29) is 23.5 Å². The quantitative estimate of drug-likeness (QED) is 0.597. The van der Waals surface area contributed by atoms with E-state index in [0.29, 0.717) is 19.7 Å². The van der Waals surface area contributed by atoms with Gasteiger partial charge in [0.1, 0.15) is 11.5 Å². The third-order valence-corrected chi connectivity index (χ3v) is 6.28. The van der Waals surface area contributed by atoms with E-state index in [9.17, 15) is 9.90 Å². The number of benzene rings is 1. The van der Waals surface area contributed by atoms with Gasteiger partial charge in [-0.25, -0.2) is 0 Å². The van der Waals surface area contributed by atoms with E-state index in [2.05, 4.69) is 20.1 Å². The Kier molecular flexibility index (Phi) is 8.52. The minimum Gasteiger partial charge on any atom is -0.508 e. The highest BCUT2D eigenvalue weighted by Gasteiger charge is 2.32. The van der Waals surface area contributed by atoms with E-state index in [1.165, 1.54) is 0 Å². The first-order valence-electron chi connectivity index (χ1n) is 11.8. The van der Waals surface area contributed by atoms with E-state index >= 15 is 0 Å². The molecule has 2 fully saturated rings. The summed E-state index contributed by atoms with van der Waals surface area (Å²) in [6.07, 6.45) is 4.24. The fourth-order valence-electron chi connectivity index (χ4n) is 4.56. The van der Waals surface area contributed by atoms with Gasteiger partial charge in [0.2, 0.25) is 5.91 Å². The largest absolute Gasteiger partial charge is 0.508 e. The fraction of sp³-hybridized carbons (Fsp3) is 0.520. The maximum absolute atomic E-state index is 13.0. The Morgan fingerprint density at radius 1 is 1.15 bits per heavy atom. The van der Waals surface area contributed by atoms with Crippen LogP contribution >= 0.6 is 0 Å². The average molecular weight is 455 g/mol. The Morgan fingerprint density at radius 3 is 2.73 bits per heavy atom. The number of pyridine rings is 1. The summed E-state index contributed by atoms with van der Waals surface area (Å²) in [6.45, 7) is 7.75. The summed E-state index contributed by atoms with van der Waals surface area (Å²) in [5.74, 6) is 1.29. The molecule has 1 aromatic carbocycles. The van der Waals surface area contributed by atoms with Crippen molar-refractivity contribution in [2.24, 2.45) is 11.8 Å². The van der Waals surface area contributed by atoms with Crippen molar-refractivity contribution in [3.05, 3.63) is 54.4 Å². The van der Waals surface area contributed by atoms with Crippen LogP contribution in [0, 0.1) is 11.8 Å².